The summed E-state index contributed by atoms with van der Waals surface area (Å²) in [6.07, 6.45) is 11.3. The van der Waals surface area contributed by atoms with E-state index in [0.717, 1.165) is 32.7 Å². The fourth-order valence-corrected chi connectivity index (χ4v) is 3.01. The molecule has 0 unspecified atom stereocenters. The summed E-state index contributed by atoms with van der Waals surface area (Å²) in [5.74, 6) is 5.68. The number of nitrogens with zero attached hydrogens (tertiary/aromatic N) is 3. The summed E-state index contributed by atoms with van der Waals surface area (Å²) in [7, 11) is 0. The van der Waals surface area contributed by atoms with E-state index < -0.39 is 18.0 Å². The van der Waals surface area contributed by atoms with E-state index in [9.17, 15) is 14.8 Å². The van der Waals surface area contributed by atoms with E-state index in [0.29, 0.717) is 11.4 Å². The van der Waals surface area contributed by atoms with Gasteiger partial charge in [0.25, 0.3) is 5.91 Å². The van der Waals surface area contributed by atoms with Gasteiger partial charge in [-0.15, -0.1) is 0 Å². The molecule has 29 heavy (non-hydrogen) atoms. The number of nitrogens with one attached hydrogen (secondary N) is 2. The number of urea groups is 1. The van der Waals surface area contributed by atoms with E-state index in [1.807, 2.05) is 17.9 Å². The highest BCUT2D eigenvalue weighted by Gasteiger charge is 2.27. The van der Waals surface area contributed by atoms with E-state index >= 15 is 0 Å². The first kappa shape index (κ1) is 22.2. The topological polar surface area (TPSA) is 97.3 Å². The van der Waals surface area contributed by atoms with Gasteiger partial charge < -0.3 is 15.4 Å². The lowest BCUT2D eigenvalue weighted by atomic mass is 10.2. The van der Waals surface area contributed by atoms with Crippen molar-refractivity contribution in [1.29, 1.82) is 0 Å². The van der Waals surface area contributed by atoms with E-state index in [1.54, 1.807) is 24.3 Å². The van der Waals surface area contributed by atoms with Gasteiger partial charge in [0.05, 0.1) is 0 Å². The zero-order valence-electron chi connectivity index (χ0n) is 17.0. The molecule has 0 bridgehead atoms. The molecule has 0 aromatic carbocycles. The van der Waals surface area contributed by atoms with Crippen LogP contribution >= 0.6 is 0 Å². The molecule has 2 heterocycles. The summed E-state index contributed by atoms with van der Waals surface area (Å²) >= 11 is 0. The number of amidine groups is 1. The summed E-state index contributed by atoms with van der Waals surface area (Å²) in [6, 6.07) is -1.39. The first-order chi connectivity index (χ1) is 14.1. The van der Waals surface area contributed by atoms with Crippen LogP contribution in [0.3, 0.4) is 0 Å². The lowest BCUT2D eigenvalue weighted by Crippen LogP contribution is -2.48. The Morgan fingerprint density at radius 3 is 2.62 bits per heavy atom. The van der Waals surface area contributed by atoms with Crippen molar-refractivity contribution in [3.8, 4) is 11.8 Å². The molecule has 0 aromatic rings. The largest absolute Gasteiger partial charge is 0.409 e. The van der Waals surface area contributed by atoms with Crippen molar-refractivity contribution in [1.82, 2.24) is 20.4 Å². The maximum atomic E-state index is 11.6. The summed E-state index contributed by atoms with van der Waals surface area (Å²) < 4.78 is 0. The summed E-state index contributed by atoms with van der Waals surface area (Å²) in [5.41, 5.74) is 0.666. The van der Waals surface area contributed by atoms with Crippen LogP contribution in [0, 0.1) is 11.8 Å². The first-order valence-electron chi connectivity index (χ1n) is 9.90. The van der Waals surface area contributed by atoms with Crippen molar-refractivity contribution in [3.05, 3.63) is 36.0 Å². The van der Waals surface area contributed by atoms with Crippen molar-refractivity contribution in [2.24, 2.45) is 5.16 Å². The highest BCUT2D eigenvalue weighted by atomic mass is 16.4. The van der Waals surface area contributed by atoms with Gasteiger partial charge in [-0.1, -0.05) is 48.6 Å². The number of unbranched alkanes of at least 4 members (excludes halogenated alkanes) is 1. The molecule has 8 heteroatoms. The Balaban J connectivity index is 1.97. The van der Waals surface area contributed by atoms with E-state index in [-0.39, 0.29) is 0 Å². The monoisotopic (exact) mass is 399 g/mol. The molecule has 2 aliphatic heterocycles. The average molecular weight is 399 g/mol. The predicted molar refractivity (Wildman–Crippen MR) is 112 cm³/mol. The maximum Gasteiger partial charge on any atom is 0.322 e. The van der Waals surface area contributed by atoms with Crippen molar-refractivity contribution < 1.29 is 14.8 Å². The van der Waals surface area contributed by atoms with Crippen molar-refractivity contribution in [3.63, 3.8) is 0 Å². The molecule has 156 valence electrons. The van der Waals surface area contributed by atoms with Gasteiger partial charge in [0.15, 0.2) is 11.9 Å². The molecule has 0 aliphatic carbocycles. The number of carbonyl (C=O) groups excluding carboxylic acids is 2. The molecule has 0 saturated carbocycles. The number of hydrogen-bond acceptors (Lipinski definition) is 5. The molecule has 8 nitrogen and oxygen atoms in total. The number of oxime groups is 1. The van der Waals surface area contributed by atoms with Crippen LogP contribution in [0.25, 0.3) is 0 Å². The Labute approximate surface area is 172 Å². The zero-order valence-corrected chi connectivity index (χ0v) is 17.0. The summed E-state index contributed by atoms with van der Waals surface area (Å²) in [4.78, 5) is 27.2. The Morgan fingerprint density at radius 2 is 2.03 bits per heavy atom. The summed E-state index contributed by atoms with van der Waals surface area (Å²) in [5, 5.41) is 17.4. The highest BCUT2D eigenvalue weighted by Crippen LogP contribution is 2.06. The van der Waals surface area contributed by atoms with Crippen LogP contribution in [-0.4, -0.2) is 71.5 Å². The highest BCUT2D eigenvalue weighted by molar-refractivity contribution is 6.05. The second kappa shape index (κ2) is 11.7. The average Bonchev–Trinajstić information content (AvgIpc) is 3.05. The van der Waals surface area contributed by atoms with Gasteiger partial charge >= 0.3 is 6.03 Å². The number of imide groups is 1. The van der Waals surface area contributed by atoms with Gasteiger partial charge in [0.2, 0.25) is 0 Å². The van der Waals surface area contributed by atoms with Crippen LogP contribution in [-0.2, 0) is 4.79 Å². The normalized spacial score (nSPS) is 21.4. The van der Waals surface area contributed by atoms with E-state index in [1.165, 1.54) is 12.8 Å². The zero-order chi connectivity index (χ0) is 21.1. The SMILES string of the molecule is C\C=C/C(C#C[C@@H]1NC(=O)NC1=O)=C\C=C\C(=N\O)N1CCN(CCCC)CC1. The van der Waals surface area contributed by atoms with Crippen LogP contribution in [0.4, 0.5) is 4.79 Å². The fourth-order valence-electron chi connectivity index (χ4n) is 3.01. The van der Waals surface area contributed by atoms with Crippen LogP contribution in [0.1, 0.15) is 26.7 Å². The third-order valence-electron chi connectivity index (χ3n) is 4.63. The molecule has 2 rings (SSSR count). The number of piperazine rings is 1. The van der Waals surface area contributed by atoms with Gasteiger partial charge in [-0.05, 0) is 32.0 Å². The van der Waals surface area contributed by atoms with Gasteiger partial charge in [-0.2, -0.15) is 0 Å². The van der Waals surface area contributed by atoms with Crippen LogP contribution in [0.2, 0.25) is 0 Å². The Hall–Kier alpha value is -3.05. The third-order valence-corrected chi connectivity index (χ3v) is 4.63. The Kier molecular flexibility index (Phi) is 8.99. The Bertz CT molecular complexity index is 765. The van der Waals surface area contributed by atoms with Gasteiger partial charge in [-0.3, -0.25) is 15.0 Å². The standard InChI is InChI=1S/C21H29N5O3/c1-3-5-12-25-13-15-26(16-14-25)19(24-29)9-6-8-17(7-4-2)10-11-18-20(27)23-21(28)22-18/h4,6-9,18,29H,3,5,12-16H2,1-2H3,(H2,22,23,27,28)/b7-4-,9-6+,17-8+,24-19-/t18-/m0/s1. The second-order valence-electron chi connectivity index (χ2n) is 6.79. The summed E-state index contributed by atoms with van der Waals surface area (Å²) in [6.45, 7) is 8.70. The molecule has 0 radical (unpaired) electrons. The van der Waals surface area contributed by atoms with Crippen molar-refractivity contribution in [2.75, 3.05) is 32.7 Å². The lowest BCUT2D eigenvalue weighted by molar-refractivity contribution is -0.119. The second-order valence-corrected chi connectivity index (χ2v) is 6.79. The van der Waals surface area contributed by atoms with Crippen molar-refractivity contribution >= 4 is 17.8 Å². The predicted octanol–water partition coefficient (Wildman–Crippen LogP) is 1.46. The molecular formula is C21H29N5O3. The number of allylic oxidation sites excluding steroid dienone is 5. The number of amides is 3. The van der Waals surface area contributed by atoms with E-state index in [4.69, 9.17) is 0 Å². The molecule has 1 atom stereocenters. The molecule has 3 N–H and O–H groups in total. The lowest BCUT2D eigenvalue weighted by Gasteiger charge is -2.35. The Morgan fingerprint density at radius 1 is 1.28 bits per heavy atom. The maximum absolute atomic E-state index is 11.6. The van der Waals surface area contributed by atoms with Gasteiger partial charge in [0.1, 0.15) is 0 Å². The molecule has 0 spiro atoms. The van der Waals surface area contributed by atoms with Crippen LogP contribution in [0.5, 0.6) is 0 Å². The third kappa shape index (κ3) is 7.12. The minimum atomic E-state index is -0.848. The van der Waals surface area contributed by atoms with Gasteiger partial charge in [-0.25, -0.2) is 4.79 Å². The molecule has 2 saturated heterocycles. The van der Waals surface area contributed by atoms with Gasteiger partial charge in [0, 0.05) is 31.8 Å². The number of carbonyl (C=O) groups is 2. The van der Waals surface area contributed by atoms with Crippen LogP contribution < -0.4 is 10.6 Å². The molecular weight excluding hydrogens is 370 g/mol. The molecule has 3 amide bonds. The minimum absolute atomic E-state index is 0.453. The molecule has 2 aliphatic rings. The fraction of sp³-hybridized carbons (Fsp3) is 0.476. The first-order valence-corrected chi connectivity index (χ1v) is 9.90. The number of rotatable bonds is 6. The van der Waals surface area contributed by atoms with Crippen molar-refractivity contribution in [2.45, 2.75) is 32.7 Å². The van der Waals surface area contributed by atoms with Crippen LogP contribution in [0.15, 0.2) is 41.1 Å². The number of hydrogen-bond donors (Lipinski definition) is 3. The van der Waals surface area contributed by atoms with E-state index in [2.05, 4.69) is 39.5 Å². The quantitative estimate of drug-likeness (QED) is 0.120. The smallest absolute Gasteiger partial charge is 0.322 e. The molecule has 2 fully saturated rings. The minimum Gasteiger partial charge on any atom is -0.409 e. The molecule has 0 aromatic heterocycles.